The Morgan fingerprint density at radius 1 is 1.32 bits per heavy atom. The molecule has 0 amide bonds. The average Bonchev–Trinajstić information content (AvgIpc) is 2.81. The second-order valence-corrected chi connectivity index (χ2v) is 6.11. The van der Waals surface area contributed by atoms with Crippen LogP contribution in [0.2, 0.25) is 5.02 Å². The molecule has 0 bridgehead atoms. The van der Waals surface area contributed by atoms with Gasteiger partial charge in [-0.2, -0.15) is 4.98 Å². The Balaban J connectivity index is 2.35. The zero-order valence-corrected chi connectivity index (χ0v) is 12.0. The Morgan fingerprint density at radius 2 is 2.00 bits per heavy atom. The summed E-state index contributed by atoms with van der Waals surface area (Å²) in [5.41, 5.74) is 0.683. The molecule has 3 nitrogen and oxygen atoms in total. The zero-order valence-electron chi connectivity index (χ0n) is 11.2. The fourth-order valence-electron chi connectivity index (χ4n) is 3.26. The lowest BCUT2D eigenvalue weighted by Crippen LogP contribution is -2.29. The molecule has 0 atom stereocenters. The Morgan fingerprint density at radius 3 is 2.68 bits per heavy atom. The SMILES string of the molecule is Cn1c(C2(C)CCCC2)nc(=O)c2c(Cl)cccc21. The molecule has 0 unspecified atom stereocenters. The predicted octanol–water partition coefficient (Wildman–Crippen LogP) is 3.42. The van der Waals surface area contributed by atoms with Gasteiger partial charge < -0.3 is 4.57 Å². The first-order chi connectivity index (χ1) is 9.03. The first-order valence-corrected chi connectivity index (χ1v) is 7.06. The van der Waals surface area contributed by atoms with Crippen LogP contribution in [0.4, 0.5) is 0 Å². The Kier molecular flexibility index (Phi) is 2.90. The van der Waals surface area contributed by atoms with E-state index in [1.165, 1.54) is 12.8 Å². The summed E-state index contributed by atoms with van der Waals surface area (Å²) in [5.74, 6) is 0.893. The van der Waals surface area contributed by atoms with E-state index in [1.54, 1.807) is 6.07 Å². The smallest absolute Gasteiger partial charge is 0.282 e. The van der Waals surface area contributed by atoms with Crippen LogP contribution in [0.15, 0.2) is 23.0 Å². The molecule has 2 aromatic rings. The average molecular weight is 277 g/mol. The van der Waals surface area contributed by atoms with Gasteiger partial charge in [0.2, 0.25) is 0 Å². The third-order valence-electron chi connectivity index (χ3n) is 4.34. The molecular weight excluding hydrogens is 260 g/mol. The summed E-state index contributed by atoms with van der Waals surface area (Å²) < 4.78 is 2.04. The number of halogens is 1. The fraction of sp³-hybridized carbons (Fsp3) is 0.467. The van der Waals surface area contributed by atoms with Crippen LogP contribution in [0.25, 0.3) is 10.9 Å². The molecule has 0 saturated heterocycles. The molecule has 3 rings (SSSR count). The normalized spacial score (nSPS) is 18.1. The lowest BCUT2D eigenvalue weighted by atomic mass is 9.87. The summed E-state index contributed by atoms with van der Waals surface area (Å²) >= 11 is 6.13. The molecule has 19 heavy (non-hydrogen) atoms. The Labute approximate surface area is 117 Å². The van der Waals surface area contributed by atoms with Crippen molar-refractivity contribution in [3.05, 3.63) is 39.4 Å². The van der Waals surface area contributed by atoms with Crippen molar-refractivity contribution in [2.75, 3.05) is 0 Å². The minimum Gasteiger partial charge on any atom is -0.332 e. The first kappa shape index (κ1) is 12.7. The van der Waals surface area contributed by atoms with Crippen LogP contribution >= 0.6 is 11.6 Å². The van der Waals surface area contributed by atoms with Crippen molar-refractivity contribution in [3.8, 4) is 0 Å². The van der Waals surface area contributed by atoms with E-state index < -0.39 is 0 Å². The maximum atomic E-state index is 12.3. The van der Waals surface area contributed by atoms with E-state index in [2.05, 4.69) is 11.9 Å². The quantitative estimate of drug-likeness (QED) is 0.800. The van der Waals surface area contributed by atoms with Gasteiger partial charge in [0.05, 0.1) is 15.9 Å². The molecule has 1 saturated carbocycles. The van der Waals surface area contributed by atoms with Crippen molar-refractivity contribution in [2.24, 2.45) is 7.05 Å². The Bertz CT molecular complexity index is 699. The van der Waals surface area contributed by atoms with E-state index in [4.69, 9.17) is 11.6 Å². The number of aromatic nitrogens is 2. The summed E-state index contributed by atoms with van der Waals surface area (Å²) in [6.07, 6.45) is 4.61. The summed E-state index contributed by atoms with van der Waals surface area (Å²) in [6.45, 7) is 2.21. The lowest BCUT2D eigenvalue weighted by Gasteiger charge is -2.26. The van der Waals surface area contributed by atoms with E-state index in [1.807, 2.05) is 23.7 Å². The zero-order chi connectivity index (χ0) is 13.6. The van der Waals surface area contributed by atoms with Gasteiger partial charge in [-0.1, -0.05) is 37.4 Å². The standard InChI is InChI=1S/C15H17ClN2O/c1-15(8-3-4-9-15)14-17-13(19)12-10(16)6-5-7-11(12)18(14)2/h5-7H,3-4,8-9H2,1-2H3. The van der Waals surface area contributed by atoms with Gasteiger partial charge in [0, 0.05) is 12.5 Å². The van der Waals surface area contributed by atoms with Crippen molar-refractivity contribution in [1.82, 2.24) is 9.55 Å². The van der Waals surface area contributed by atoms with Crippen LogP contribution in [0.5, 0.6) is 0 Å². The molecule has 100 valence electrons. The molecule has 1 aromatic heterocycles. The number of hydrogen-bond acceptors (Lipinski definition) is 2. The number of aryl methyl sites for hydroxylation is 1. The van der Waals surface area contributed by atoms with Crippen LogP contribution in [0.3, 0.4) is 0 Å². The molecule has 0 radical (unpaired) electrons. The van der Waals surface area contributed by atoms with Gasteiger partial charge in [-0.05, 0) is 25.0 Å². The van der Waals surface area contributed by atoms with Gasteiger partial charge in [0.1, 0.15) is 5.82 Å². The first-order valence-electron chi connectivity index (χ1n) is 6.69. The second kappa shape index (κ2) is 4.34. The van der Waals surface area contributed by atoms with Crippen molar-refractivity contribution in [3.63, 3.8) is 0 Å². The molecule has 4 heteroatoms. The summed E-state index contributed by atoms with van der Waals surface area (Å²) in [4.78, 5) is 16.6. The van der Waals surface area contributed by atoms with Gasteiger partial charge in [-0.3, -0.25) is 4.79 Å². The maximum Gasteiger partial charge on any atom is 0.282 e. The molecule has 0 N–H and O–H groups in total. The minimum absolute atomic E-state index is 0.0183. The number of fused-ring (bicyclic) bond motifs is 1. The van der Waals surface area contributed by atoms with Crippen LogP contribution in [-0.4, -0.2) is 9.55 Å². The molecule has 0 spiro atoms. The van der Waals surface area contributed by atoms with Crippen LogP contribution in [0.1, 0.15) is 38.4 Å². The van der Waals surface area contributed by atoms with E-state index in [-0.39, 0.29) is 11.0 Å². The van der Waals surface area contributed by atoms with E-state index >= 15 is 0 Å². The highest BCUT2D eigenvalue weighted by atomic mass is 35.5. The summed E-state index contributed by atoms with van der Waals surface area (Å²) in [6, 6.07) is 5.56. The topological polar surface area (TPSA) is 34.9 Å². The highest BCUT2D eigenvalue weighted by Gasteiger charge is 2.34. The van der Waals surface area contributed by atoms with Crippen LogP contribution in [-0.2, 0) is 12.5 Å². The number of rotatable bonds is 1. The van der Waals surface area contributed by atoms with Gasteiger partial charge in [0.25, 0.3) is 5.56 Å². The van der Waals surface area contributed by atoms with Gasteiger partial charge >= 0.3 is 0 Å². The van der Waals surface area contributed by atoms with Crippen LogP contribution < -0.4 is 5.56 Å². The molecular formula is C15H17ClN2O. The maximum absolute atomic E-state index is 12.3. The van der Waals surface area contributed by atoms with E-state index in [0.29, 0.717) is 10.4 Å². The van der Waals surface area contributed by atoms with E-state index in [9.17, 15) is 4.79 Å². The largest absolute Gasteiger partial charge is 0.332 e. The molecule has 1 aliphatic carbocycles. The highest BCUT2D eigenvalue weighted by Crippen LogP contribution is 2.39. The number of benzene rings is 1. The molecule has 1 heterocycles. The molecule has 1 fully saturated rings. The third-order valence-corrected chi connectivity index (χ3v) is 4.65. The highest BCUT2D eigenvalue weighted by molar-refractivity contribution is 6.35. The number of nitrogens with zero attached hydrogens (tertiary/aromatic N) is 2. The van der Waals surface area contributed by atoms with Crippen molar-refractivity contribution in [2.45, 2.75) is 38.0 Å². The lowest BCUT2D eigenvalue weighted by molar-refractivity contribution is 0.439. The van der Waals surface area contributed by atoms with Crippen molar-refractivity contribution < 1.29 is 0 Å². The molecule has 1 aromatic carbocycles. The summed E-state index contributed by atoms with van der Waals surface area (Å²) in [5, 5.41) is 1.01. The van der Waals surface area contributed by atoms with Gasteiger partial charge in [-0.15, -0.1) is 0 Å². The van der Waals surface area contributed by atoms with Gasteiger partial charge in [0.15, 0.2) is 0 Å². The monoisotopic (exact) mass is 276 g/mol. The fourth-order valence-corrected chi connectivity index (χ4v) is 3.51. The predicted molar refractivity (Wildman–Crippen MR) is 77.8 cm³/mol. The third kappa shape index (κ3) is 1.88. The van der Waals surface area contributed by atoms with Crippen molar-refractivity contribution in [1.29, 1.82) is 0 Å². The van der Waals surface area contributed by atoms with Crippen molar-refractivity contribution >= 4 is 22.5 Å². The second-order valence-electron chi connectivity index (χ2n) is 5.70. The number of hydrogen-bond donors (Lipinski definition) is 0. The summed E-state index contributed by atoms with van der Waals surface area (Å²) in [7, 11) is 1.98. The Hall–Kier alpha value is -1.35. The van der Waals surface area contributed by atoms with Crippen LogP contribution in [0, 0.1) is 0 Å². The molecule has 1 aliphatic rings. The van der Waals surface area contributed by atoms with Gasteiger partial charge in [-0.25, -0.2) is 0 Å². The van der Waals surface area contributed by atoms with E-state index in [0.717, 1.165) is 24.2 Å². The molecule has 0 aliphatic heterocycles. The minimum atomic E-state index is -0.207.